The van der Waals surface area contributed by atoms with Gasteiger partial charge in [0.25, 0.3) is 0 Å². The molecule has 1 N–H and O–H groups in total. The molecule has 0 aliphatic carbocycles. The maximum Gasteiger partial charge on any atom is 0.244 e. The predicted molar refractivity (Wildman–Crippen MR) is 67.2 cm³/mol. The summed E-state index contributed by atoms with van der Waals surface area (Å²) in [4.78, 5) is 21.5. The largest absolute Gasteiger partial charge is 0.348 e. The van der Waals surface area contributed by atoms with E-state index in [0.29, 0.717) is 5.92 Å². The minimum Gasteiger partial charge on any atom is -0.348 e. The van der Waals surface area contributed by atoms with E-state index in [1.165, 1.54) is 0 Å². The first-order valence-electron chi connectivity index (χ1n) is 6.44. The quantitative estimate of drug-likeness (QED) is 0.866. The summed E-state index contributed by atoms with van der Waals surface area (Å²) in [7, 11) is 0. The van der Waals surface area contributed by atoms with Crippen molar-refractivity contribution in [2.45, 2.75) is 25.3 Å². The van der Waals surface area contributed by atoms with Gasteiger partial charge < -0.3 is 9.88 Å². The van der Waals surface area contributed by atoms with Gasteiger partial charge in [0.1, 0.15) is 12.4 Å². The van der Waals surface area contributed by atoms with Gasteiger partial charge in [-0.2, -0.15) is 0 Å². The number of aromatic amines is 1. The first-order chi connectivity index (χ1) is 9.33. The molecule has 0 aromatic carbocycles. The molecule has 1 fully saturated rings. The van der Waals surface area contributed by atoms with Crippen LogP contribution in [0.1, 0.15) is 24.6 Å². The van der Waals surface area contributed by atoms with E-state index in [2.05, 4.69) is 20.3 Å². The molecule has 0 saturated carbocycles. The number of nitrogens with zero attached hydrogens (tertiary/aromatic N) is 5. The zero-order valence-electron chi connectivity index (χ0n) is 10.6. The molecule has 100 valence electrons. The number of aromatic nitrogens is 5. The molecule has 3 rings (SSSR count). The Balaban J connectivity index is 1.63. The number of nitrogens with one attached hydrogen (secondary N) is 1. The minimum atomic E-state index is 0.0850. The second-order valence-electron chi connectivity index (χ2n) is 4.75. The highest BCUT2D eigenvalue weighted by Crippen LogP contribution is 2.24. The zero-order valence-corrected chi connectivity index (χ0v) is 10.6. The van der Waals surface area contributed by atoms with E-state index in [9.17, 15) is 4.79 Å². The molecule has 1 atom stereocenters. The summed E-state index contributed by atoms with van der Waals surface area (Å²) in [6.45, 7) is 1.79. The number of imidazole rings is 1. The molecule has 2 aromatic rings. The van der Waals surface area contributed by atoms with E-state index in [4.69, 9.17) is 0 Å². The Kier molecular flexibility index (Phi) is 3.26. The highest BCUT2D eigenvalue weighted by Gasteiger charge is 2.26. The molecule has 1 amide bonds. The number of piperidine rings is 1. The molecule has 7 nitrogen and oxygen atoms in total. The van der Waals surface area contributed by atoms with Crippen molar-refractivity contribution in [2.75, 3.05) is 13.1 Å². The normalized spacial score (nSPS) is 19.6. The number of rotatable bonds is 3. The van der Waals surface area contributed by atoms with Gasteiger partial charge in [-0.1, -0.05) is 5.21 Å². The molecule has 1 aliphatic rings. The zero-order chi connectivity index (χ0) is 13.1. The molecule has 1 aliphatic heterocycles. The van der Waals surface area contributed by atoms with Crippen LogP contribution in [0.15, 0.2) is 24.8 Å². The lowest BCUT2D eigenvalue weighted by molar-refractivity contribution is -0.133. The van der Waals surface area contributed by atoms with Gasteiger partial charge in [0.2, 0.25) is 5.91 Å². The maximum atomic E-state index is 12.2. The SMILES string of the molecule is O=C(Cn1ccnn1)N1CCC[C@@H](c2ncc[nH]2)C1. The van der Waals surface area contributed by atoms with Crippen LogP contribution >= 0.6 is 0 Å². The Labute approximate surface area is 110 Å². The molecule has 0 radical (unpaired) electrons. The van der Waals surface area contributed by atoms with Crippen LogP contribution in [0.3, 0.4) is 0 Å². The maximum absolute atomic E-state index is 12.2. The number of H-pyrrole nitrogens is 1. The lowest BCUT2D eigenvalue weighted by Gasteiger charge is -2.31. The van der Waals surface area contributed by atoms with Crippen molar-refractivity contribution in [3.8, 4) is 0 Å². The summed E-state index contributed by atoms with van der Waals surface area (Å²) < 4.78 is 1.55. The molecule has 0 unspecified atom stereocenters. The molecular formula is C12H16N6O. The lowest BCUT2D eigenvalue weighted by Crippen LogP contribution is -2.41. The van der Waals surface area contributed by atoms with Crippen LogP contribution in [-0.2, 0) is 11.3 Å². The topological polar surface area (TPSA) is 79.7 Å². The Bertz CT molecular complexity index is 520. The second-order valence-corrected chi connectivity index (χ2v) is 4.75. The molecule has 19 heavy (non-hydrogen) atoms. The molecule has 2 aromatic heterocycles. The van der Waals surface area contributed by atoms with Crippen molar-refractivity contribution in [3.05, 3.63) is 30.6 Å². The van der Waals surface area contributed by atoms with Crippen LogP contribution in [0.4, 0.5) is 0 Å². The number of likely N-dealkylation sites (tertiary alicyclic amines) is 1. The summed E-state index contributed by atoms with van der Waals surface area (Å²) >= 11 is 0. The Morgan fingerprint density at radius 1 is 1.47 bits per heavy atom. The van der Waals surface area contributed by atoms with Gasteiger partial charge in [-0.3, -0.25) is 4.79 Å². The minimum absolute atomic E-state index is 0.0850. The third-order valence-corrected chi connectivity index (χ3v) is 3.45. The second kappa shape index (κ2) is 5.21. The van der Waals surface area contributed by atoms with Crippen LogP contribution in [0, 0.1) is 0 Å². The van der Waals surface area contributed by atoms with Gasteiger partial charge in [-0.15, -0.1) is 5.10 Å². The van der Waals surface area contributed by atoms with Crippen LogP contribution < -0.4 is 0 Å². The van der Waals surface area contributed by atoms with Gasteiger partial charge in [-0.25, -0.2) is 9.67 Å². The van der Waals surface area contributed by atoms with Crippen molar-refractivity contribution in [1.82, 2.24) is 29.9 Å². The van der Waals surface area contributed by atoms with Gasteiger partial charge in [-0.05, 0) is 12.8 Å². The van der Waals surface area contributed by atoms with Crippen LogP contribution in [-0.4, -0.2) is 48.9 Å². The van der Waals surface area contributed by atoms with Crippen molar-refractivity contribution in [3.63, 3.8) is 0 Å². The molecule has 0 spiro atoms. The van der Waals surface area contributed by atoms with Crippen LogP contribution in [0.25, 0.3) is 0 Å². The Morgan fingerprint density at radius 2 is 2.42 bits per heavy atom. The van der Waals surface area contributed by atoms with Crippen molar-refractivity contribution >= 4 is 5.91 Å². The number of hydrogen-bond acceptors (Lipinski definition) is 4. The smallest absolute Gasteiger partial charge is 0.244 e. The number of hydrogen-bond donors (Lipinski definition) is 1. The molecule has 1 saturated heterocycles. The third kappa shape index (κ3) is 2.64. The summed E-state index contributed by atoms with van der Waals surface area (Å²) in [6, 6.07) is 0. The fraction of sp³-hybridized carbons (Fsp3) is 0.500. The van der Waals surface area contributed by atoms with E-state index >= 15 is 0 Å². The Hall–Kier alpha value is -2.18. The number of carbonyl (C=O) groups excluding carboxylic acids is 1. The van der Waals surface area contributed by atoms with E-state index in [1.807, 2.05) is 11.1 Å². The summed E-state index contributed by atoms with van der Waals surface area (Å²) in [5.41, 5.74) is 0. The van der Waals surface area contributed by atoms with Crippen molar-refractivity contribution in [1.29, 1.82) is 0 Å². The van der Waals surface area contributed by atoms with Crippen molar-refractivity contribution in [2.24, 2.45) is 0 Å². The number of carbonyl (C=O) groups is 1. The standard InChI is InChI=1S/C12H16N6O/c19-11(9-18-7-5-15-16-18)17-6-1-2-10(8-17)12-13-3-4-14-12/h3-5,7,10H,1-2,6,8-9H2,(H,13,14)/t10-/m1/s1. The van der Waals surface area contributed by atoms with Crippen LogP contribution in [0.2, 0.25) is 0 Å². The molecule has 0 bridgehead atoms. The van der Waals surface area contributed by atoms with Crippen molar-refractivity contribution < 1.29 is 4.79 Å². The van der Waals surface area contributed by atoms with Crippen LogP contribution in [0.5, 0.6) is 0 Å². The highest BCUT2D eigenvalue weighted by atomic mass is 16.2. The monoisotopic (exact) mass is 260 g/mol. The molecular weight excluding hydrogens is 244 g/mol. The fourth-order valence-corrected chi connectivity index (χ4v) is 2.48. The predicted octanol–water partition coefficient (Wildman–Crippen LogP) is 0.407. The lowest BCUT2D eigenvalue weighted by atomic mass is 9.97. The average Bonchev–Trinajstić information content (AvgIpc) is 3.12. The average molecular weight is 260 g/mol. The van der Waals surface area contributed by atoms with Gasteiger partial charge in [0.05, 0.1) is 6.20 Å². The summed E-state index contributed by atoms with van der Waals surface area (Å²) in [5, 5.41) is 7.52. The first-order valence-corrected chi connectivity index (χ1v) is 6.44. The van der Waals surface area contributed by atoms with Gasteiger partial charge in [0, 0.05) is 37.6 Å². The first kappa shape index (κ1) is 11.9. The number of amides is 1. The molecule has 3 heterocycles. The van der Waals surface area contributed by atoms with E-state index in [0.717, 1.165) is 31.8 Å². The van der Waals surface area contributed by atoms with Gasteiger partial charge >= 0.3 is 0 Å². The summed E-state index contributed by atoms with van der Waals surface area (Å²) in [6.07, 6.45) is 8.94. The Morgan fingerprint density at radius 3 is 3.16 bits per heavy atom. The summed E-state index contributed by atoms with van der Waals surface area (Å²) in [5.74, 6) is 1.36. The fourth-order valence-electron chi connectivity index (χ4n) is 2.48. The molecule has 7 heteroatoms. The van der Waals surface area contributed by atoms with E-state index < -0.39 is 0 Å². The van der Waals surface area contributed by atoms with E-state index in [-0.39, 0.29) is 12.5 Å². The van der Waals surface area contributed by atoms with E-state index in [1.54, 1.807) is 23.3 Å². The highest BCUT2D eigenvalue weighted by molar-refractivity contribution is 5.76. The van der Waals surface area contributed by atoms with Gasteiger partial charge in [0.15, 0.2) is 0 Å². The third-order valence-electron chi connectivity index (χ3n) is 3.45.